The zero-order valence-corrected chi connectivity index (χ0v) is 12.1. The molecule has 0 amide bonds. The first-order valence-electron chi connectivity index (χ1n) is 6.51. The molecule has 0 aliphatic rings. The molecule has 21 heavy (non-hydrogen) atoms. The number of hydrogen-bond donors (Lipinski definition) is 0. The molecule has 4 rings (SSSR count). The van der Waals surface area contributed by atoms with Gasteiger partial charge in [0, 0.05) is 23.5 Å². The summed E-state index contributed by atoms with van der Waals surface area (Å²) < 4.78 is 1.77. The predicted molar refractivity (Wildman–Crippen MR) is 82.1 cm³/mol. The molecule has 0 saturated carbocycles. The number of fused-ring (bicyclic) bond motifs is 1. The minimum atomic E-state index is 0.715. The quantitative estimate of drug-likeness (QED) is 0.569. The van der Waals surface area contributed by atoms with Crippen molar-refractivity contribution in [1.82, 2.24) is 24.8 Å². The van der Waals surface area contributed by atoms with Crippen LogP contribution < -0.4 is 0 Å². The maximum Gasteiger partial charge on any atom is 0.235 e. The Labute approximate surface area is 124 Å². The van der Waals surface area contributed by atoms with Crippen LogP contribution in [0.15, 0.2) is 48.8 Å². The third kappa shape index (κ3) is 2.09. The second-order valence-electron chi connectivity index (χ2n) is 4.73. The second-order valence-corrected chi connectivity index (χ2v) is 5.69. The zero-order valence-electron chi connectivity index (χ0n) is 11.3. The topological polar surface area (TPSA) is 56.0 Å². The van der Waals surface area contributed by atoms with Gasteiger partial charge in [0.05, 0.1) is 0 Å². The molecule has 5 nitrogen and oxygen atoms in total. The maximum atomic E-state index is 4.63. The van der Waals surface area contributed by atoms with Gasteiger partial charge in [0.2, 0.25) is 4.96 Å². The number of aromatic nitrogens is 5. The zero-order chi connectivity index (χ0) is 14.2. The van der Waals surface area contributed by atoms with E-state index in [9.17, 15) is 0 Å². The van der Waals surface area contributed by atoms with Gasteiger partial charge in [0.15, 0.2) is 5.82 Å². The first kappa shape index (κ1) is 12.2. The Morgan fingerprint density at radius 2 is 1.86 bits per heavy atom. The van der Waals surface area contributed by atoms with Gasteiger partial charge in [-0.3, -0.25) is 4.98 Å². The van der Waals surface area contributed by atoms with Crippen LogP contribution in [0.1, 0.15) is 5.56 Å². The maximum absolute atomic E-state index is 4.63. The summed E-state index contributed by atoms with van der Waals surface area (Å²) in [5, 5.41) is 14.0. The number of nitrogens with zero attached hydrogens (tertiary/aromatic N) is 5. The van der Waals surface area contributed by atoms with Gasteiger partial charge in [-0.1, -0.05) is 41.2 Å². The van der Waals surface area contributed by atoms with Crippen LogP contribution >= 0.6 is 11.3 Å². The minimum Gasteiger partial charge on any atom is -0.264 e. The Morgan fingerprint density at radius 3 is 2.62 bits per heavy atom. The van der Waals surface area contributed by atoms with Gasteiger partial charge < -0.3 is 0 Å². The predicted octanol–water partition coefficient (Wildman–Crippen LogP) is 3.22. The van der Waals surface area contributed by atoms with Gasteiger partial charge >= 0.3 is 0 Å². The lowest BCUT2D eigenvalue weighted by Crippen LogP contribution is -1.91. The standard InChI is InChI=1S/C15H11N5S/c1-10-4-6-11(7-5-10)14-19-20-13(17-18-15(20)21-14)12-3-2-8-16-9-12/h2-9H,1H3. The molecule has 0 aliphatic heterocycles. The summed E-state index contributed by atoms with van der Waals surface area (Å²) in [7, 11) is 0. The summed E-state index contributed by atoms with van der Waals surface area (Å²) in [5.74, 6) is 0.715. The molecule has 6 heteroatoms. The van der Waals surface area contributed by atoms with Crippen molar-refractivity contribution in [3.05, 3.63) is 54.4 Å². The lowest BCUT2D eigenvalue weighted by molar-refractivity contribution is 0.969. The molecule has 0 spiro atoms. The van der Waals surface area contributed by atoms with E-state index in [1.54, 1.807) is 16.9 Å². The van der Waals surface area contributed by atoms with Crippen LogP contribution in [0, 0.1) is 6.92 Å². The molecule has 0 unspecified atom stereocenters. The van der Waals surface area contributed by atoms with Crippen LogP contribution in [-0.2, 0) is 0 Å². The van der Waals surface area contributed by atoms with E-state index < -0.39 is 0 Å². The summed E-state index contributed by atoms with van der Waals surface area (Å²) in [5.41, 5.74) is 3.23. The average molecular weight is 293 g/mol. The highest BCUT2D eigenvalue weighted by molar-refractivity contribution is 7.19. The van der Waals surface area contributed by atoms with Gasteiger partial charge in [-0.2, -0.15) is 9.61 Å². The molecular weight excluding hydrogens is 282 g/mol. The van der Waals surface area contributed by atoms with Crippen molar-refractivity contribution in [3.8, 4) is 22.0 Å². The molecule has 102 valence electrons. The molecule has 1 aromatic carbocycles. The number of aryl methyl sites for hydroxylation is 1. The van der Waals surface area contributed by atoms with E-state index in [0.29, 0.717) is 5.82 Å². The smallest absolute Gasteiger partial charge is 0.235 e. The summed E-state index contributed by atoms with van der Waals surface area (Å²) in [6.45, 7) is 2.07. The Kier molecular flexibility index (Phi) is 2.75. The van der Waals surface area contributed by atoms with Crippen LogP contribution in [0.2, 0.25) is 0 Å². The van der Waals surface area contributed by atoms with Crippen LogP contribution in [0.25, 0.3) is 26.9 Å². The summed E-state index contributed by atoms with van der Waals surface area (Å²) in [4.78, 5) is 4.90. The molecule has 0 N–H and O–H groups in total. The molecule has 0 bridgehead atoms. The fourth-order valence-electron chi connectivity index (χ4n) is 2.10. The van der Waals surface area contributed by atoms with Gasteiger partial charge in [0.25, 0.3) is 0 Å². The Balaban J connectivity index is 1.84. The summed E-state index contributed by atoms with van der Waals surface area (Å²) in [6, 6.07) is 12.1. The van der Waals surface area contributed by atoms with Crippen molar-refractivity contribution >= 4 is 16.3 Å². The van der Waals surface area contributed by atoms with Crippen LogP contribution in [0.4, 0.5) is 0 Å². The Morgan fingerprint density at radius 1 is 1.00 bits per heavy atom. The lowest BCUT2D eigenvalue weighted by Gasteiger charge is -1.97. The third-order valence-corrected chi connectivity index (χ3v) is 4.16. The SMILES string of the molecule is Cc1ccc(-c2nn3c(-c4cccnc4)nnc3s2)cc1. The van der Waals surface area contributed by atoms with E-state index in [4.69, 9.17) is 0 Å². The monoisotopic (exact) mass is 293 g/mol. The number of rotatable bonds is 2. The van der Waals surface area contributed by atoms with Crippen molar-refractivity contribution < 1.29 is 0 Å². The molecule has 0 radical (unpaired) electrons. The first-order chi connectivity index (χ1) is 10.3. The van der Waals surface area contributed by atoms with Crippen LogP contribution in [0.3, 0.4) is 0 Å². The highest BCUT2D eigenvalue weighted by Gasteiger charge is 2.14. The van der Waals surface area contributed by atoms with E-state index in [0.717, 1.165) is 21.1 Å². The highest BCUT2D eigenvalue weighted by Crippen LogP contribution is 2.27. The molecular formula is C15H11N5S. The minimum absolute atomic E-state index is 0.715. The van der Waals surface area contributed by atoms with Crippen molar-refractivity contribution in [2.45, 2.75) is 6.92 Å². The van der Waals surface area contributed by atoms with E-state index in [1.165, 1.54) is 16.9 Å². The van der Waals surface area contributed by atoms with Crippen molar-refractivity contribution in [3.63, 3.8) is 0 Å². The highest BCUT2D eigenvalue weighted by atomic mass is 32.1. The normalized spacial score (nSPS) is 11.1. The molecule has 3 aromatic heterocycles. The van der Waals surface area contributed by atoms with Gasteiger partial charge in [-0.05, 0) is 19.1 Å². The summed E-state index contributed by atoms with van der Waals surface area (Å²) >= 11 is 1.53. The average Bonchev–Trinajstić information content (AvgIpc) is 3.09. The summed E-state index contributed by atoms with van der Waals surface area (Å²) in [6.07, 6.45) is 3.50. The van der Waals surface area contributed by atoms with E-state index >= 15 is 0 Å². The van der Waals surface area contributed by atoms with Gasteiger partial charge in [-0.25, -0.2) is 0 Å². The molecule has 0 aliphatic carbocycles. The molecule has 0 atom stereocenters. The van der Waals surface area contributed by atoms with Crippen LogP contribution in [-0.4, -0.2) is 24.8 Å². The first-order valence-corrected chi connectivity index (χ1v) is 7.32. The largest absolute Gasteiger partial charge is 0.264 e. The number of hydrogen-bond acceptors (Lipinski definition) is 5. The molecule has 4 aromatic rings. The fraction of sp³-hybridized carbons (Fsp3) is 0.0667. The van der Waals surface area contributed by atoms with E-state index in [-0.39, 0.29) is 0 Å². The van der Waals surface area contributed by atoms with Gasteiger partial charge in [-0.15, -0.1) is 10.2 Å². The molecule has 3 heterocycles. The Hall–Kier alpha value is -2.60. The fourth-order valence-corrected chi connectivity index (χ4v) is 2.95. The van der Waals surface area contributed by atoms with Gasteiger partial charge in [0.1, 0.15) is 5.01 Å². The number of pyridine rings is 1. The molecule has 0 saturated heterocycles. The van der Waals surface area contributed by atoms with Crippen molar-refractivity contribution in [2.75, 3.05) is 0 Å². The van der Waals surface area contributed by atoms with E-state index in [1.807, 2.05) is 12.1 Å². The van der Waals surface area contributed by atoms with Crippen molar-refractivity contribution in [2.24, 2.45) is 0 Å². The van der Waals surface area contributed by atoms with Crippen molar-refractivity contribution in [1.29, 1.82) is 0 Å². The van der Waals surface area contributed by atoms with Crippen LogP contribution in [0.5, 0.6) is 0 Å². The second kappa shape index (κ2) is 4.75. The number of benzene rings is 1. The lowest BCUT2D eigenvalue weighted by atomic mass is 10.2. The van der Waals surface area contributed by atoms with E-state index in [2.05, 4.69) is 51.5 Å². The molecule has 0 fully saturated rings. The Bertz CT molecular complexity index is 893. The third-order valence-electron chi connectivity index (χ3n) is 3.21.